The van der Waals surface area contributed by atoms with Gasteiger partial charge in [-0.15, -0.1) is 0 Å². The fourth-order valence-electron chi connectivity index (χ4n) is 0.878. The van der Waals surface area contributed by atoms with E-state index in [1.54, 1.807) is 12.4 Å². The van der Waals surface area contributed by atoms with Gasteiger partial charge in [-0.25, -0.2) is 9.19 Å². The molecule has 1 aromatic heterocycles. The summed E-state index contributed by atoms with van der Waals surface area (Å²) in [4.78, 5) is 3.76. The Morgan fingerprint density at radius 1 is 1.62 bits per heavy atom. The van der Waals surface area contributed by atoms with Gasteiger partial charge in [0.1, 0.15) is 16.8 Å². The Bertz CT molecular complexity index is 286. The molecule has 0 N–H and O–H groups in total. The summed E-state index contributed by atoms with van der Waals surface area (Å²) in [7, 11) is -1.58. The van der Waals surface area contributed by atoms with Crippen LogP contribution < -0.4 is 4.28 Å². The second kappa shape index (κ2) is 4.38. The molecule has 0 aliphatic carbocycles. The monoisotopic (exact) mass is 206 g/mol. The van der Waals surface area contributed by atoms with Gasteiger partial charge in [-0.3, -0.25) is 4.18 Å². The van der Waals surface area contributed by atoms with E-state index >= 15 is 0 Å². The molecule has 0 fully saturated rings. The van der Waals surface area contributed by atoms with Crippen molar-refractivity contribution in [2.45, 2.75) is 13.3 Å². The lowest BCUT2D eigenvalue weighted by molar-refractivity contribution is 0.235. The first-order valence-electron chi connectivity index (χ1n) is 4.03. The van der Waals surface area contributed by atoms with Crippen molar-refractivity contribution >= 4 is 10.5 Å². The second-order valence-electron chi connectivity index (χ2n) is 2.52. The van der Waals surface area contributed by atoms with Gasteiger partial charge in [0.2, 0.25) is 0 Å². The minimum atomic E-state index is -2.97. The fourth-order valence-corrected chi connectivity index (χ4v) is 2.14. The van der Waals surface area contributed by atoms with E-state index in [0.29, 0.717) is 5.75 Å². The summed E-state index contributed by atoms with van der Waals surface area (Å²) in [5, 5.41) is 0. The van der Waals surface area contributed by atoms with E-state index in [1.807, 2.05) is 6.92 Å². The first-order chi connectivity index (χ1) is 6.20. The summed E-state index contributed by atoms with van der Waals surface area (Å²) >= 11 is 0. The molecule has 0 spiro atoms. The van der Waals surface area contributed by atoms with E-state index in [1.165, 1.54) is 18.2 Å². The van der Waals surface area contributed by atoms with Gasteiger partial charge in [0, 0.05) is 6.20 Å². The molecule has 0 aliphatic heterocycles. The molecule has 0 amide bonds. The number of hydrogen-bond donors (Lipinski definition) is 1. The predicted molar refractivity (Wildman–Crippen MR) is 50.5 cm³/mol. The number of imidazole rings is 1. The fraction of sp³-hybridized carbons (Fsp3) is 0.571. The highest BCUT2D eigenvalue weighted by Crippen LogP contribution is 2.05. The molecule has 0 unspecified atom stereocenters. The van der Waals surface area contributed by atoms with Crippen molar-refractivity contribution in [3.8, 4) is 0 Å². The highest BCUT2D eigenvalue weighted by atomic mass is 32.3. The Morgan fingerprint density at radius 3 is 2.85 bits per heavy atom. The maximum absolute atomic E-state index is 11.8. The van der Waals surface area contributed by atoms with Crippen LogP contribution in [0.2, 0.25) is 0 Å². The van der Waals surface area contributed by atoms with Crippen molar-refractivity contribution in [1.29, 1.82) is 0 Å². The van der Waals surface area contributed by atoms with E-state index in [9.17, 15) is 4.21 Å². The van der Waals surface area contributed by atoms with Crippen molar-refractivity contribution in [2.75, 3.05) is 12.9 Å². The minimum Gasteiger partial charge on any atom is -0.316 e. The number of rotatable bonds is 5. The van der Waals surface area contributed by atoms with E-state index in [0.717, 1.165) is 6.42 Å². The average molecular weight is 206 g/mol. The quantitative estimate of drug-likeness (QED) is 0.700. The molecule has 0 saturated carbocycles. The molecule has 76 valence electrons. The highest BCUT2D eigenvalue weighted by molar-refractivity contribution is 7.94. The average Bonchev–Trinajstić information content (AvgIpc) is 2.57. The van der Waals surface area contributed by atoms with Crippen LogP contribution in [0, 0.1) is 0 Å². The minimum absolute atomic E-state index is 0.404. The van der Waals surface area contributed by atoms with Crippen molar-refractivity contribution < 1.29 is 12.7 Å². The van der Waals surface area contributed by atoms with Crippen molar-refractivity contribution in [1.82, 2.24) is 9.71 Å². The maximum atomic E-state index is 11.8. The highest BCUT2D eigenvalue weighted by Gasteiger charge is 2.13. The number of thiol groups is 1. The molecule has 0 aromatic carbocycles. The molecule has 0 saturated heterocycles. The topological polar surface area (TPSA) is 53.4 Å². The third-order valence-corrected chi connectivity index (χ3v) is 3.46. The molecule has 0 atom stereocenters. The largest absolute Gasteiger partial charge is 0.316 e. The third kappa shape index (κ3) is 2.82. The molecule has 1 rings (SSSR count). The van der Waals surface area contributed by atoms with E-state index in [2.05, 4.69) is 4.98 Å². The summed E-state index contributed by atoms with van der Waals surface area (Å²) in [5.74, 6) is 0.404. The van der Waals surface area contributed by atoms with E-state index in [4.69, 9.17) is 8.47 Å². The van der Waals surface area contributed by atoms with Crippen LogP contribution in [0.25, 0.3) is 0 Å². The number of nitrogens with zero attached hydrogens (tertiary/aromatic N) is 2. The summed E-state index contributed by atoms with van der Waals surface area (Å²) in [5.41, 5.74) is 0. The SMILES string of the molecule is CCC[SH](=O)(OC)On1ccnc1. The molecule has 0 radical (unpaired) electrons. The molecule has 1 heterocycles. The lowest BCUT2D eigenvalue weighted by Crippen LogP contribution is -2.30. The lowest BCUT2D eigenvalue weighted by Gasteiger charge is -2.22. The van der Waals surface area contributed by atoms with Crippen LogP contribution in [0.5, 0.6) is 0 Å². The van der Waals surface area contributed by atoms with Crippen molar-refractivity contribution in [2.24, 2.45) is 0 Å². The Kier molecular flexibility index (Phi) is 3.44. The Morgan fingerprint density at radius 2 is 2.38 bits per heavy atom. The Balaban J connectivity index is 2.64. The second-order valence-corrected chi connectivity index (χ2v) is 4.72. The summed E-state index contributed by atoms with van der Waals surface area (Å²) < 4.78 is 23.0. The molecular weight excluding hydrogens is 192 g/mol. The van der Waals surface area contributed by atoms with Crippen LogP contribution in [0.1, 0.15) is 13.3 Å². The van der Waals surface area contributed by atoms with Gasteiger partial charge in [-0.2, -0.15) is 4.73 Å². The van der Waals surface area contributed by atoms with Crippen LogP contribution in [0.15, 0.2) is 18.7 Å². The number of aromatic nitrogens is 2. The zero-order chi connectivity index (χ0) is 9.73. The predicted octanol–water partition coefficient (Wildman–Crippen LogP) is 0.215. The Labute approximate surface area is 78.5 Å². The first-order valence-corrected chi connectivity index (χ1v) is 5.76. The molecule has 6 heteroatoms. The molecule has 1 aromatic rings. The third-order valence-electron chi connectivity index (χ3n) is 1.47. The standard InChI is InChI=1S/C7H14N2O3S/c1-3-6-13(10,11-2)12-9-5-4-8-7-9/h4-5,7,13H,3,6H2,1-2H3. The molecule has 13 heavy (non-hydrogen) atoms. The van der Waals surface area contributed by atoms with Gasteiger partial charge in [0.15, 0.2) is 0 Å². The van der Waals surface area contributed by atoms with Crippen LogP contribution in [-0.2, 0) is 14.7 Å². The van der Waals surface area contributed by atoms with Gasteiger partial charge in [-0.05, 0) is 6.42 Å². The molecule has 0 bridgehead atoms. The maximum Gasteiger partial charge on any atom is 0.135 e. The van der Waals surface area contributed by atoms with Crippen LogP contribution in [0.4, 0.5) is 0 Å². The zero-order valence-electron chi connectivity index (χ0n) is 7.71. The van der Waals surface area contributed by atoms with Crippen molar-refractivity contribution in [3.05, 3.63) is 18.7 Å². The van der Waals surface area contributed by atoms with Crippen molar-refractivity contribution in [3.63, 3.8) is 0 Å². The van der Waals surface area contributed by atoms with Gasteiger partial charge in [-0.1, -0.05) is 6.92 Å². The normalized spacial score (nSPS) is 12.8. The van der Waals surface area contributed by atoms with Gasteiger partial charge < -0.3 is 4.28 Å². The summed E-state index contributed by atoms with van der Waals surface area (Å²) in [6.45, 7) is 1.92. The van der Waals surface area contributed by atoms with E-state index in [-0.39, 0.29) is 0 Å². The van der Waals surface area contributed by atoms with Crippen LogP contribution >= 0.6 is 0 Å². The van der Waals surface area contributed by atoms with Gasteiger partial charge in [0.05, 0.1) is 19.1 Å². The Hall–Kier alpha value is -0.880. The van der Waals surface area contributed by atoms with E-state index < -0.39 is 10.5 Å². The zero-order valence-corrected chi connectivity index (χ0v) is 8.61. The first kappa shape index (κ1) is 10.2. The molecule has 5 nitrogen and oxygen atoms in total. The molecular formula is C7H14N2O3S. The lowest BCUT2D eigenvalue weighted by atomic mass is 10.6. The summed E-state index contributed by atoms with van der Waals surface area (Å²) in [6, 6.07) is 0. The summed E-state index contributed by atoms with van der Waals surface area (Å²) in [6.07, 6.45) is 5.30. The number of hydrogen-bond acceptors (Lipinski definition) is 4. The molecule has 0 aliphatic rings. The van der Waals surface area contributed by atoms with Gasteiger partial charge >= 0.3 is 0 Å². The van der Waals surface area contributed by atoms with Crippen LogP contribution in [0.3, 0.4) is 0 Å². The van der Waals surface area contributed by atoms with Gasteiger partial charge in [0.25, 0.3) is 0 Å². The smallest absolute Gasteiger partial charge is 0.135 e. The van der Waals surface area contributed by atoms with Crippen LogP contribution in [-0.4, -0.2) is 26.8 Å².